The van der Waals surface area contributed by atoms with Crippen LogP contribution in [0.1, 0.15) is 31.6 Å². The number of hydrazine groups is 1. The normalized spacial score (nSPS) is 12.8. The topological polar surface area (TPSA) is 51.2 Å². The molecule has 17 heavy (non-hydrogen) atoms. The minimum absolute atomic E-state index is 0.0408. The molecule has 2 aromatic rings. The number of furan rings is 1. The lowest BCUT2D eigenvalue weighted by atomic mass is 10.1. The molecule has 0 aliphatic heterocycles. The highest BCUT2D eigenvalue weighted by molar-refractivity contribution is 5.77. The van der Waals surface area contributed by atoms with Crippen molar-refractivity contribution in [3.63, 3.8) is 0 Å². The molecular formula is C14H18N2O. The van der Waals surface area contributed by atoms with Gasteiger partial charge < -0.3 is 4.42 Å². The zero-order chi connectivity index (χ0) is 12.3. The van der Waals surface area contributed by atoms with E-state index in [1.807, 2.05) is 37.3 Å². The van der Waals surface area contributed by atoms with Crippen LogP contribution in [0, 0.1) is 0 Å². The van der Waals surface area contributed by atoms with E-state index >= 15 is 0 Å². The molecule has 2 rings (SSSR count). The molecule has 1 atom stereocenters. The Morgan fingerprint density at radius 1 is 1.47 bits per heavy atom. The van der Waals surface area contributed by atoms with Gasteiger partial charge in [-0.2, -0.15) is 0 Å². The lowest BCUT2D eigenvalue weighted by molar-refractivity contribution is 0.417. The maximum atomic E-state index is 5.78. The number of hydrogen-bond acceptors (Lipinski definition) is 3. The number of nitrogens with one attached hydrogen (secondary N) is 1. The van der Waals surface area contributed by atoms with Crippen LogP contribution in [-0.2, 0) is 0 Å². The first-order valence-electron chi connectivity index (χ1n) is 5.79. The van der Waals surface area contributed by atoms with E-state index in [1.54, 1.807) is 0 Å². The van der Waals surface area contributed by atoms with Gasteiger partial charge >= 0.3 is 0 Å². The third-order valence-electron chi connectivity index (χ3n) is 2.85. The summed E-state index contributed by atoms with van der Waals surface area (Å²) in [6, 6.07) is 10.0. The molecule has 0 saturated carbocycles. The fourth-order valence-corrected chi connectivity index (χ4v) is 1.87. The van der Waals surface area contributed by atoms with E-state index in [2.05, 4.69) is 12.0 Å². The molecule has 1 unspecified atom stereocenters. The van der Waals surface area contributed by atoms with Crippen LogP contribution in [0.5, 0.6) is 0 Å². The molecule has 0 saturated heterocycles. The summed E-state index contributed by atoms with van der Waals surface area (Å²) in [4.78, 5) is 0. The van der Waals surface area contributed by atoms with Crippen molar-refractivity contribution in [1.29, 1.82) is 0 Å². The van der Waals surface area contributed by atoms with E-state index in [4.69, 9.17) is 10.3 Å². The molecule has 3 N–H and O–H groups in total. The van der Waals surface area contributed by atoms with Crippen molar-refractivity contribution in [2.24, 2.45) is 5.84 Å². The van der Waals surface area contributed by atoms with Gasteiger partial charge in [0.1, 0.15) is 11.3 Å². The highest BCUT2D eigenvalue weighted by Gasteiger charge is 2.14. The Labute approximate surface area is 101 Å². The summed E-state index contributed by atoms with van der Waals surface area (Å²) in [5.41, 5.74) is 4.85. The van der Waals surface area contributed by atoms with Crippen LogP contribution in [0.15, 0.2) is 46.9 Å². The Balaban J connectivity index is 2.21. The Bertz CT molecular complexity index is 483. The monoisotopic (exact) mass is 230 g/mol. The SMILES string of the molecule is C=C(C)CCC(NN)c1cc2ccccc2o1. The van der Waals surface area contributed by atoms with Crippen LogP contribution in [0.3, 0.4) is 0 Å². The summed E-state index contributed by atoms with van der Waals surface area (Å²) in [5.74, 6) is 6.46. The average Bonchev–Trinajstić information content (AvgIpc) is 2.72. The lowest BCUT2D eigenvalue weighted by Gasteiger charge is -2.12. The van der Waals surface area contributed by atoms with Gasteiger partial charge in [0, 0.05) is 5.39 Å². The maximum Gasteiger partial charge on any atom is 0.134 e. The predicted octanol–water partition coefficient (Wildman–Crippen LogP) is 3.29. The largest absolute Gasteiger partial charge is 0.459 e. The minimum Gasteiger partial charge on any atom is -0.459 e. The standard InChI is InChI=1S/C14H18N2O/c1-10(2)7-8-12(16-15)14-9-11-5-3-4-6-13(11)17-14/h3-6,9,12,16H,1,7-8,15H2,2H3. The van der Waals surface area contributed by atoms with Crippen LogP contribution in [0.4, 0.5) is 0 Å². The first-order chi connectivity index (χ1) is 8.20. The number of rotatable bonds is 5. The quantitative estimate of drug-likeness (QED) is 0.471. The number of benzene rings is 1. The van der Waals surface area contributed by atoms with Crippen LogP contribution < -0.4 is 11.3 Å². The Morgan fingerprint density at radius 3 is 2.88 bits per heavy atom. The highest BCUT2D eigenvalue weighted by atomic mass is 16.3. The van der Waals surface area contributed by atoms with Crippen molar-refractivity contribution < 1.29 is 4.42 Å². The smallest absolute Gasteiger partial charge is 0.134 e. The van der Waals surface area contributed by atoms with Gasteiger partial charge in [-0.25, -0.2) is 5.43 Å². The minimum atomic E-state index is 0.0408. The highest BCUT2D eigenvalue weighted by Crippen LogP contribution is 2.26. The van der Waals surface area contributed by atoms with Crippen molar-refractivity contribution in [3.05, 3.63) is 48.2 Å². The summed E-state index contributed by atoms with van der Waals surface area (Å²) in [6.07, 6.45) is 1.83. The van der Waals surface area contributed by atoms with Gasteiger partial charge in [0.2, 0.25) is 0 Å². The van der Waals surface area contributed by atoms with Crippen molar-refractivity contribution >= 4 is 11.0 Å². The average molecular weight is 230 g/mol. The first-order valence-corrected chi connectivity index (χ1v) is 5.79. The van der Waals surface area contributed by atoms with Crippen molar-refractivity contribution in [2.45, 2.75) is 25.8 Å². The molecule has 3 heteroatoms. The first kappa shape index (κ1) is 11.9. The maximum absolute atomic E-state index is 5.78. The summed E-state index contributed by atoms with van der Waals surface area (Å²) >= 11 is 0. The second-order valence-corrected chi connectivity index (χ2v) is 4.40. The van der Waals surface area contributed by atoms with E-state index < -0.39 is 0 Å². The van der Waals surface area contributed by atoms with Gasteiger partial charge in [0.15, 0.2) is 0 Å². The number of fused-ring (bicyclic) bond motifs is 1. The fraction of sp³-hybridized carbons (Fsp3) is 0.286. The predicted molar refractivity (Wildman–Crippen MR) is 70.3 cm³/mol. The third kappa shape index (κ3) is 2.75. The second kappa shape index (κ2) is 5.17. The fourth-order valence-electron chi connectivity index (χ4n) is 1.87. The van der Waals surface area contributed by atoms with Gasteiger partial charge in [-0.1, -0.05) is 23.8 Å². The second-order valence-electron chi connectivity index (χ2n) is 4.40. The van der Waals surface area contributed by atoms with E-state index in [1.165, 1.54) is 0 Å². The molecule has 0 amide bonds. The van der Waals surface area contributed by atoms with Gasteiger partial charge in [-0.15, -0.1) is 6.58 Å². The zero-order valence-electron chi connectivity index (χ0n) is 10.1. The lowest BCUT2D eigenvalue weighted by Crippen LogP contribution is -2.27. The molecule has 0 spiro atoms. The molecule has 1 aromatic heterocycles. The zero-order valence-corrected chi connectivity index (χ0v) is 10.1. The molecule has 0 radical (unpaired) electrons. The van der Waals surface area contributed by atoms with E-state index in [9.17, 15) is 0 Å². The molecular weight excluding hydrogens is 212 g/mol. The molecule has 1 aromatic carbocycles. The molecule has 0 aliphatic rings. The van der Waals surface area contributed by atoms with Crippen molar-refractivity contribution in [2.75, 3.05) is 0 Å². The van der Waals surface area contributed by atoms with Gasteiger partial charge in [0.25, 0.3) is 0 Å². The Morgan fingerprint density at radius 2 is 2.24 bits per heavy atom. The van der Waals surface area contributed by atoms with Crippen LogP contribution in [-0.4, -0.2) is 0 Å². The molecule has 0 aliphatic carbocycles. The molecule has 1 heterocycles. The summed E-state index contributed by atoms with van der Waals surface area (Å²) < 4.78 is 5.78. The molecule has 90 valence electrons. The van der Waals surface area contributed by atoms with Gasteiger partial charge in [-0.05, 0) is 31.9 Å². The number of hydrogen-bond donors (Lipinski definition) is 2. The van der Waals surface area contributed by atoms with E-state index in [0.29, 0.717) is 0 Å². The number of allylic oxidation sites excluding steroid dienone is 1. The van der Waals surface area contributed by atoms with Gasteiger partial charge in [0.05, 0.1) is 6.04 Å². The number of nitrogens with two attached hydrogens (primary N) is 1. The van der Waals surface area contributed by atoms with Crippen LogP contribution in [0.2, 0.25) is 0 Å². The molecule has 0 fully saturated rings. The van der Waals surface area contributed by atoms with E-state index in [0.717, 1.165) is 35.1 Å². The summed E-state index contributed by atoms with van der Waals surface area (Å²) in [5, 5.41) is 1.11. The van der Waals surface area contributed by atoms with Crippen LogP contribution in [0.25, 0.3) is 11.0 Å². The van der Waals surface area contributed by atoms with Crippen molar-refractivity contribution in [1.82, 2.24) is 5.43 Å². The Hall–Kier alpha value is -1.58. The van der Waals surface area contributed by atoms with E-state index in [-0.39, 0.29) is 6.04 Å². The van der Waals surface area contributed by atoms with Crippen molar-refractivity contribution in [3.8, 4) is 0 Å². The van der Waals surface area contributed by atoms with Crippen LogP contribution >= 0.6 is 0 Å². The number of para-hydroxylation sites is 1. The summed E-state index contributed by atoms with van der Waals surface area (Å²) in [6.45, 7) is 5.92. The van der Waals surface area contributed by atoms with Gasteiger partial charge in [-0.3, -0.25) is 5.84 Å². The molecule has 3 nitrogen and oxygen atoms in total. The summed E-state index contributed by atoms with van der Waals surface area (Å²) in [7, 11) is 0. The molecule has 0 bridgehead atoms. The third-order valence-corrected chi connectivity index (χ3v) is 2.85. The Kier molecular flexibility index (Phi) is 3.61.